The van der Waals surface area contributed by atoms with Crippen LogP contribution in [0.1, 0.15) is 31.2 Å². The first kappa shape index (κ1) is 19.2. The van der Waals surface area contributed by atoms with Crippen LogP contribution in [0.4, 0.5) is 5.82 Å². The SMILES string of the molecule is N#Cc1cccnc1N1CCC(N2CCC[C@@H](C(=O)N3CCOCC3)C2)CC1. The molecule has 0 aliphatic carbocycles. The molecule has 1 aromatic heterocycles. The zero-order valence-electron chi connectivity index (χ0n) is 16.4. The largest absolute Gasteiger partial charge is 0.378 e. The number of aromatic nitrogens is 1. The fourth-order valence-electron chi connectivity index (χ4n) is 4.76. The van der Waals surface area contributed by atoms with Gasteiger partial charge in [0.25, 0.3) is 0 Å². The lowest BCUT2D eigenvalue weighted by molar-refractivity contribution is -0.141. The van der Waals surface area contributed by atoms with Crippen molar-refractivity contribution < 1.29 is 9.53 Å². The van der Waals surface area contributed by atoms with Crippen LogP contribution in [0.5, 0.6) is 0 Å². The van der Waals surface area contributed by atoms with Crippen molar-refractivity contribution in [1.82, 2.24) is 14.8 Å². The zero-order valence-corrected chi connectivity index (χ0v) is 16.4. The summed E-state index contributed by atoms with van der Waals surface area (Å²) in [6.07, 6.45) is 5.97. The highest BCUT2D eigenvalue weighted by molar-refractivity contribution is 5.79. The summed E-state index contributed by atoms with van der Waals surface area (Å²) in [5.74, 6) is 1.26. The Morgan fingerprint density at radius 3 is 2.68 bits per heavy atom. The molecule has 0 saturated carbocycles. The Kier molecular flexibility index (Phi) is 6.08. The molecular weight excluding hydrogens is 354 g/mol. The van der Waals surface area contributed by atoms with Gasteiger partial charge in [-0.15, -0.1) is 0 Å². The number of amides is 1. The monoisotopic (exact) mass is 383 g/mol. The highest BCUT2D eigenvalue weighted by Gasteiger charge is 2.34. The molecular formula is C21H29N5O2. The number of likely N-dealkylation sites (tertiary alicyclic amines) is 1. The average Bonchev–Trinajstić information content (AvgIpc) is 2.79. The topological polar surface area (TPSA) is 72.7 Å². The maximum atomic E-state index is 12.9. The molecule has 7 heteroatoms. The molecule has 3 saturated heterocycles. The maximum absolute atomic E-state index is 12.9. The summed E-state index contributed by atoms with van der Waals surface area (Å²) in [7, 11) is 0. The third-order valence-corrected chi connectivity index (χ3v) is 6.31. The van der Waals surface area contributed by atoms with Crippen LogP contribution in [-0.4, -0.2) is 79.2 Å². The minimum atomic E-state index is 0.130. The van der Waals surface area contributed by atoms with E-state index in [0.29, 0.717) is 30.7 Å². The molecule has 0 radical (unpaired) electrons. The first-order valence-electron chi connectivity index (χ1n) is 10.5. The number of rotatable bonds is 3. The highest BCUT2D eigenvalue weighted by atomic mass is 16.5. The van der Waals surface area contributed by atoms with Crippen LogP contribution >= 0.6 is 0 Å². The number of hydrogen-bond donors (Lipinski definition) is 0. The molecule has 0 unspecified atom stereocenters. The lowest BCUT2D eigenvalue weighted by atomic mass is 9.92. The third kappa shape index (κ3) is 4.13. The number of piperidine rings is 2. The van der Waals surface area contributed by atoms with Gasteiger partial charge in [-0.1, -0.05) is 0 Å². The van der Waals surface area contributed by atoms with Crippen LogP contribution in [0, 0.1) is 17.2 Å². The summed E-state index contributed by atoms with van der Waals surface area (Å²) in [6, 6.07) is 6.42. The van der Waals surface area contributed by atoms with Crippen molar-refractivity contribution in [3.63, 3.8) is 0 Å². The number of carbonyl (C=O) groups excluding carboxylic acids is 1. The number of nitriles is 1. The summed E-state index contributed by atoms with van der Waals surface area (Å²) in [5, 5.41) is 9.32. The van der Waals surface area contributed by atoms with Gasteiger partial charge >= 0.3 is 0 Å². The Hall–Kier alpha value is -2.17. The van der Waals surface area contributed by atoms with Crippen molar-refractivity contribution in [2.24, 2.45) is 5.92 Å². The Balaban J connectivity index is 1.33. The molecule has 150 valence electrons. The Morgan fingerprint density at radius 2 is 1.93 bits per heavy atom. The van der Waals surface area contributed by atoms with Crippen LogP contribution in [0.15, 0.2) is 18.3 Å². The van der Waals surface area contributed by atoms with Crippen LogP contribution < -0.4 is 4.90 Å². The summed E-state index contributed by atoms with van der Waals surface area (Å²) < 4.78 is 5.38. The average molecular weight is 383 g/mol. The molecule has 4 heterocycles. The fraction of sp³-hybridized carbons (Fsp3) is 0.667. The van der Waals surface area contributed by atoms with E-state index in [4.69, 9.17) is 4.74 Å². The Bertz CT molecular complexity index is 720. The van der Waals surface area contributed by atoms with E-state index in [0.717, 1.165) is 70.8 Å². The van der Waals surface area contributed by atoms with E-state index < -0.39 is 0 Å². The lowest BCUT2D eigenvalue weighted by Crippen LogP contribution is -2.52. The molecule has 7 nitrogen and oxygen atoms in total. The normalized spacial score (nSPS) is 24.8. The van der Waals surface area contributed by atoms with Gasteiger partial charge in [-0.05, 0) is 44.4 Å². The van der Waals surface area contributed by atoms with Gasteiger partial charge in [-0.25, -0.2) is 4.98 Å². The quantitative estimate of drug-likeness (QED) is 0.788. The van der Waals surface area contributed by atoms with Gasteiger partial charge in [-0.3, -0.25) is 9.69 Å². The number of anilines is 1. The van der Waals surface area contributed by atoms with Gasteiger partial charge in [0.15, 0.2) is 0 Å². The van der Waals surface area contributed by atoms with E-state index in [1.165, 1.54) is 0 Å². The van der Waals surface area contributed by atoms with E-state index in [2.05, 4.69) is 20.9 Å². The van der Waals surface area contributed by atoms with E-state index in [1.54, 1.807) is 6.20 Å². The van der Waals surface area contributed by atoms with Gasteiger partial charge < -0.3 is 14.5 Å². The van der Waals surface area contributed by atoms with Gasteiger partial charge in [0.2, 0.25) is 5.91 Å². The minimum Gasteiger partial charge on any atom is -0.378 e. The first-order chi connectivity index (χ1) is 13.8. The lowest BCUT2D eigenvalue weighted by Gasteiger charge is -2.43. The van der Waals surface area contributed by atoms with E-state index in [1.807, 2.05) is 17.0 Å². The van der Waals surface area contributed by atoms with Crippen molar-refractivity contribution in [2.75, 3.05) is 57.4 Å². The molecule has 0 aromatic carbocycles. The Labute approximate surface area is 166 Å². The first-order valence-corrected chi connectivity index (χ1v) is 10.5. The molecule has 3 aliphatic rings. The van der Waals surface area contributed by atoms with E-state index in [9.17, 15) is 10.1 Å². The van der Waals surface area contributed by atoms with Gasteiger partial charge in [0.1, 0.15) is 11.9 Å². The number of ether oxygens (including phenoxy) is 1. The minimum absolute atomic E-state index is 0.130. The summed E-state index contributed by atoms with van der Waals surface area (Å²) in [5.41, 5.74) is 0.648. The summed E-state index contributed by atoms with van der Waals surface area (Å²) in [4.78, 5) is 24.1. The van der Waals surface area contributed by atoms with Crippen molar-refractivity contribution in [3.8, 4) is 6.07 Å². The number of hydrogen-bond acceptors (Lipinski definition) is 6. The molecule has 3 fully saturated rings. The van der Waals surface area contributed by atoms with Crippen molar-refractivity contribution in [3.05, 3.63) is 23.9 Å². The molecule has 0 spiro atoms. The second-order valence-corrected chi connectivity index (χ2v) is 7.98. The number of morpholine rings is 1. The number of pyridine rings is 1. The standard InChI is InChI=1S/C21H29N5O2/c22-15-17-3-1-7-23-20(17)24-9-5-19(6-10-24)26-8-2-4-18(16-26)21(27)25-11-13-28-14-12-25/h1,3,7,18-19H,2,4-6,8-14,16H2/t18-/m1/s1. The molecule has 28 heavy (non-hydrogen) atoms. The van der Waals surface area contributed by atoms with Crippen LogP contribution in [0.3, 0.4) is 0 Å². The molecule has 1 aromatic rings. The second-order valence-electron chi connectivity index (χ2n) is 7.98. The van der Waals surface area contributed by atoms with Crippen LogP contribution in [0.25, 0.3) is 0 Å². The number of nitrogens with zero attached hydrogens (tertiary/aromatic N) is 5. The molecule has 0 N–H and O–H groups in total. The maximum Gasteiger partial charge on any atom is 0.227 e. The molecule has 0 bridgehead atoms. The van der Waals surface area contributed by atoms with Gasteiger partial charge in [0, 0.05) is 45.0 Å². The van der Waals surface area contributed by atoms with Crippen molar-refractivity contribution in [1.29, 1.82) is 5.26 Å². The van der Waals surface area contributed by atoms with E-state index in [-0.39, 0.29) is 5.92 Å². The highest BCUT2D eigenvalue weighted by Crippen LogP contribution is 2.27. The molecule has 1 amide bonds. The second kappa shape index (κ2) is 8.89. The predicted molar refractivity (Wildman–Crippen MR) is 106 cm³/mol. The van der Waals surface area contributed by atoms with Crippen molar-refractivity contribution >= 4 is 11.7 Å². The predicted octanol–water partition coefficient (Wildman–Crippen LogP) is 1.49. The molecule has 1 atom stereocenters. The smallest absolute Gasteiger partial charge is 0.227 e. The molecule has 4 rings (SSSR count). The van der Waals surface area contributed by atoms with E-state index >= 15 is 0 Å². The van der Waals surface area contributed by atoms with Crippen LogP contribution in [-0.2, 0) is 9.53 Å². The third-order valence-electron chi connectivity index (χ3n) is 6.31. The van der Waals surface area contributed by atoms with Crippen molar-refractivity contribution in [2.45, 2.75) is 31.7 Å². The fourth-order valence-corrected chi connectivity index (χ4v) is 4.76. The molecule has 3 aliphatic heterocycles. The van der Waals surface area contributed by atoms with Gasteiger partial charge in [0.05, 0.1) is 24.7 Å². The zero-order chi connectivity index (χ0) is 19.3. The summed E-state index contributed by atoms with van der Waals surface area (Å²) in [6.45, 7) is 6.60. The number of carbonyl (C=O) groups is 1. The van der Waals surface area contributed by atoms with Crippen LogP contribution in [0.2, 0.25) is 0 Å². The summed E-state index contributed by atoms with van der Waals surface area (Å²) >= 11 is 0. The van der Waals surface area contributed by atoms with Gasteiger partial charge in [-0.2, -0.15) is 5.26 Å². The Morgan fingerprint density at radius 1 is 1.14 bits per heavy atom.